The van der Waals surface area contributed by atoms with Gasteiger partial charge in [0.15, 0.2) is 0 Å². The fourth-order valence-electron chi connectivity index (χ4n) is 3.76. The van der Waals surface area contributed by atoms with Crippen LogP contribution in [0, 0.1) is 6.92 Å². The van der Waals surface area contributed by atoms with Crippen molar-refractivity contribution in [1.82, 2.24) is 14.5 Å². The van der Waals surface area contributed by atoms with Crippen molar-refractivity contribution in [2.24, 2.45) is 0 Å². The van der Waals surface area contributed by atoms with Gasteiger partial charge in [0.1, 0.15) is 5.82 Å². The zero-order chi connectivity index (χ0) is 23.3. The van der Waals surface area contributed by atoms with Crippen LogP contribution in [0.4, 0.5) is 0 Å². The van der Waals surface area contributed by atoms with E-state index >= 15 is 0 Å². The van der Waals surface area contributed by atoms with Crippen LogP contribution in [0.15, 0.2) is 53.3 Å². The van der Waals surface area contributed by atoms with Crippen molar-refractivity contribution in [2.45, 2.75) is 46.6 Å². The number of rotatable bonds is 8. The number of para-hydroxylation sites is 1. The third-order valence-electron chi connectivity index (χ3n) is 5.44. The first-order valence-corrected chi connectivity index (χ1v) is 10.9. The molecule has 0 aliphatic heterocycles. The molecule has 2 aromatic carbocycles. The number of aromatic nitrogens is 2. The van der Waals surface area contributed by atoms with Crippen LogP contribution in [0.25, 0.3) is 16.6 Å². The highest BCUT2D eigenvalue weighted by molar-refractivity contribution is 5.82. The minimum atomic E-state index is -0.478. The van der Waals surface area contributed by atoms with E-state index in [1.54, 1.807) is 28.5 Å². The van der Waals surface area contributed by atoms with Gasteiger partial charge in [-0.25, -0.2) is 4.98 Å². The molecule has 7 heteroatoms. The van der Waals surface area contributed by atoms with Crippen LogP contribution < -0.4 is 5.56 Å². The average Bonchev–Trinajstić information content (AvgIpc) is 2.79. The molecule has 0 spiro atoms. The Bertz CT molecular complexity index is 1170. The van der Waals surface area contributed by atoms with E-state index in [0.717, 1.165) is 5.56 Å². The molecular weight excluding hydrogens is 406 g/mol. The van der Waals surface area contributed by atoms with E-state index in [0.29, 0.717) is 29.0 Å². The Hall–Kier alpha value is -3.48. The van der Waals surface area contributed by atoms with E-state index in [2.05, 4.69) is 0 Å². The van der Waals surface area contributed by atoms with Crippen LogP contribution in [0.5, 0.6) is 0 Å². The topological polar surface area (TPSA) is 81.5 Å². The molecule has 1 heterocycles. The van der Waals surface area contributed by atoms with E-state index in [9.17, 15) is 14.4 Å². The minimum Gasteiger partial charge on any atom is -0.466 e. The quantitative estimate of drug-likeness (QED) is 0.501. The number of esters is 1. The van der Waals surface area contributed by atoms with Crippen molar-refractivity contribution in [1.29, 1.82) is 0 Å². The fraction of sp³-hybridized carbons (Fsp3) is 0.360. The highest BCUT2D eigenvalue weighted by atomic mass is 16.5. The summed E-state index contributed by atoms with van der Waals surface area (Å²) in [5.74, 6) is -0.111. The van der Waals surface area contributed by atoms with E-state index in [-0.39, 0.29) is 30.9 Å². The Morgan fingerprint density at radius 3 is 2.41 bits per heavy atom. The van der Waals surface area contributed by atoms with Crippen LogP contribution in [-0.2, 0) is 14.3 Å². The molecule has 1 atom stereocenters. The van der Waals surface area contributed by atoms with Crippen molar-refractivity contribution in [3.05, 3.63) is 70.3 Å². The van der Waals surface area contributed by atoms with Crippen LogP contribution in [0.3, 0.4) is 0 Å². The van der Waals surface area contributed by atoms with Gasteiger partial charge in [-0.15, -0.1) is 0 Å². The highest BCUT2D eigenvalue weighted by Crippen LogP contribution is 2.23. The molecule has 0 N–H and O–H groups in total. The maximum atomic E-state index is 13.5. The highest BCUT2D eigenvalue weighted by Gasteiger charge is 2.26. The fourth-order valence-corrected chi connectivity index (χ4v) is 3.76. The maximum Gasteiger partial charge on any atom is 0.306 e. The van der Waals surface area contributed by atoms with Crippen LogP contribution in [0.1, 0.15) is 51.0 Å². The largest absolute Gasteiger partial charge is 0.466 e. The van der Waals surface area contributed by atoms with E-state index in [1.807, 2.05) is 57.2 Å². The lowest BCUT2D eigenvalue weighted by molar-refractivity contribution is -0.146. The Labute approximate surface area is 187 Å². The van der Waals surface area contributed by atoms with Gasteiger partial charge in [-0.1, -0.05) is 29.8 Å². The molecule has 0 saturated heterocycles. The third kappa shape index (κ3) is 4.88. The summed E-state index contributed by atoms with van der Waals surface area (Å²) >= 11 is 0. The van der Waals surface area contributed by atoms with Gasteiger partial charge < -0.3 is 9.64 Å². The summed E-state index contributed by atoms with van der Waals surface area (Å²) in [4.78, 5) is 44.5. The van der Waals surface area contributed by atoms with Gasteiger partial charge in [0, 0.05) is 13.0 Å². The SMILES string of the molecule is CCOC(=O)CCC(=O)N(CC)C(C)c1nc2ccccc2c(=O)n1-c1ccc(C)cc1. The summed E-state index contributed by atoms with van der Waals surface area (Å²) in [6, 6.07) is 14.4. The summed E-state index contributed by atoms with van der Waals surface area (Å²) in [6.07, 6.45) is 0.0607. The van der Waals surface area contributed by atoms with Crippen molar-refractivity contribution >= 4 is 22.8 Å². The number of fused-ring (bicyclic) bond motifs is 1. The number of ether oxygens (including phenoxy) is 1. The van der Waals surface area contributed by atoms with Gasteiger partial charge >= 0.3 is 5.97 Å². The molecule has 3 rings (SSSR count). The smallest absolute Gasteiger partial charge is 0.306 e. The summed E-state index contributed by atoms with van der Waals surface area (Å²) in [6.45, 7) is 8.14. The lowest BCUT2D eigenvalue weighted by Crippen LogP contribution is -2.37. The second-order valence-electron chi connectivity index (χ2n) is 7.62. The Kier molecular flexibility index (Phi) is 7.41. The van der Waals surface area contributed by atoms with Crippen molar-refractivity contribution in [2.75, 3.05) is 13.2 Å². The Morgan fingerprint density at radius 1 is 1.06 bits per heavy atom. The standard InChI is InChI=1S/C25H29N3O4/c1-5-27(22(29)15-16-23(30)32-6-2)18(4)24-26-21-10-8-7-9-20(21)25(31)28(24)19-13-11-17(3)12-14-19/h7-14,18H,5-6,15-16H2,1-4H3. The number of amides is 1. The molecule has 1 unspecified atom stereocenters. The zero-order valence-electron chi connectivity index (χ0n) is 19.0. The van der Waals surface area contributed by atoms with Crippen molar-refractivity contribution in [3.63, 3.8) is 0 Å². The van der Waals surface area contributed by atoms with E-state index in [4.69, 9.17) is 9.72 Å². The monoisotopic (exact) mass is 435 g/mol. The number of hydrogen-bond donors (Lipinski definition) is 0. The van der Waals surface area contributed by atoms with E-state index < -0.39 is 12.0 Å². The minimum absolute atomic E-state index is 0.0197. The summed E-state index contributed by atoms with van der Waals surface area (Å²) < 4.78 is 6.51. The summed E-state index contributed by atoms with van der Waals surface area (Å²) in [5, 5.41) is 0.515. The average molecular weight is 436 g/mol. The predicted octanol–water partition coefficient (Wildman–Crippen LogP) is 3.95. The first kappa shape index (κ1) is 23.2. The lowest BCUT2D eigenvalue weighted by atomic mass is 10.1. The van der Waals surface area contributed by atoms with Crippen molar-refractivity contribution < 1.29 is 14.3 Å². The number of carbonyl (C=O) groups excluding carboxylic acids is 2. The molecule has 0 aliphatic carbocycles. The van der Waals surface area contributed by atoms with Gasteiger partial charge in [-0.3, -0.25) is 19.0 Å². The van der Waals surface area contributed by atoms with Gasteiger partial charge in [-0.2, -0.15) is 0 Å². The molecule has 0 aliphatic rings. The Balaban J connectivity index is 2.06. The molecule has 0 radical (unpaired) electrons. The van der Waals surface area contributed by atoms with Gasteiger partial charge in [0.25, 0.3) is 5.56 Å². The van der Waals surface area contributed by atoms with Gasteiger partial charge in [0.05, 0.1) is 35.7 Å². The molecule has 1 aromatic heterocycles. The van der Waals surface area contributed by atoms with Crippen LogP contribution in [0.2, 0.25) is 0 Å². The zero-order valence-corrected chi connectivity index (χ0v) is 19.0. The number of nitrogens with zero attached hydrogens (tertiary/aromatic N) is 3. The number of carbonyl (C=O) groups is 2. The summed E-state index contributed by atoms with van der Waals surface area (Å²) in [5.41, 5.74) is 2.17. The molecule has 168 valence electrons. The normalized spacial score (nSPS) is 11.9. The number of hydrogen-bond acceptors (Lipinski definition) is 5. The predicted molar refractivity (Wildman–Crippen MR) is 124 cm³/mol. The molecule has 0 fully saturated rings. The molecule has 0 bridgehead atoms. The molecule has 3 aromatic rings. The van der Waals surface area contributed by atoms with Gasteiger partial charge in [0.2, 0.25) is 5.91 Å². The molecule has 32 heavy (non-hydrogen) atoms. The lowest BCUT2D eigenvalue weighted by Gasteiger charge is -2.29. The maximum absolute atomic E-state index is 13.5. The molecular formula is C25H29N3O4. The third-order valence-corrected chi connectivity index (χ3v) is 5.44. The summed E-state index contributed by atoms with van der Waals surface area (Å²) in [7, 11) is 0. The first-order valence-electron chi connectivity index (χ1n) is 10.9. The first-order chi connectivity index (χ1) is 15.4. The molecule has 0 saturated carbocycles. The van der Waals surface area contributed by atoms with Crippen molar-refractivity contribution in [3.8, 4) is 5.69 Å². The number of benzene rings is 2. The second kappa shape index (κ2) is 10.2. The van der Waals surface area contributed by atoms with Crippen LogP contribution >= 0.6 is 0 Å². The van der Waals surface area contributed by atoms with Gasteiger partial charge in [-0.05, 0) is 52.0 Å². The molecule has 7 nitrogen and oxygen atoms in total. The second-order valence-corrected chi connectivity index (χ2v) is 7.62. The molecule has 1 amide bonds. The van der Waals surface area contributed by atoms with Crippen LogP contribution in [-0.4, -0.2) is 39.5 Å². The Morgan fingerprint density at radius 2 is 1.75 bits per heavy atom. The van der Waals surface area contributed by atoms with E-state index in [1.165, 1.54) is 0 Å². The number of aryl methyl sites for hydroxylation is 1.